The molecule has 1 saturated carbocycles. The van der Waals surface area contributed by atoms with Gasteiger partial charge < -0.3 is 15.0 Å². The SMILES string of the molecule is CC1=C(C(=O)OC2CCCC2)C(c2ccccc2F)C2=C(CC(c3ccc(N(C)C)cc3)CC2=O)N1. The van der Waals surface area contributed by atoms with Crippen LogP contribution in [0, 0.1) is 5.82 Å². The summed E-state index contributed by atoms with van der Waals surface area (Å²) in [4.78, 5) is 29.2. The zero-order valence-electron chi connectivity index (χ0n) is 21.1. The Morgan fingerprint density at radius 2 is 1.72 bits per heavy atom. The van der Waals surface area contributed by atoms with Gasteiger partial charge in [-0.3, -0.25) is 4.79 Å². The standard InChI is InChI=1S/C30H33FN2O3/c1-18-27(30(35)36-22-8-4-5-9-22)28(23-10-6-7-11-24(23)31)29-25(32-18)16-20(17-26(29)34)19-12-14-21(15-13-19)33(2)3/h6-7,10-15,20,22,28,32H,4-5,8-9,16-17H2,1-3H3. The van der Waals surface area contributed by atoms with E-state index in [2.05, 4.69) is 29.6 Å². The number of nitrogens with zero attached hydrogens (tertiary/aromatic N) is 1. The van der Waals surface area contributed by atoms with Crippen molar-refractivity contribution in [1.82, 2.24) is 5.32 Å². The minimum Gasteiger partial charge on any atom is -0.459 e. The molecule has 2 aliphatic carbocycles. The molecule has 1 N–H and O–H groups in total. The molecule has 2 atom stereocenters. The summed E-state index contributed by atoms with van der Waals surface area (Å²) in [7, 11) is 3.99. The van der Waals surface area contributed by atoms with E-state index in [1.54, 1.807) is 18.2 Å². The maximum absolute atomic E-state index is 15.1. The highest BCUT2D eigenvalue weighted by Gasteiger charge is 2.42. The fourth-order valence-electron chi connectivity index (χ4n) is 5.83. The van der Waals surface area contributed by atoms with Crippen molar-refractivity contribution in [3.63, 3.8) is 0 Å². The van der Waals surface area contributed by atoms with Crippen LogP contribution in [0.4, 0.5) is 10.1 Å². The van der Waals surface area contributed by atoms with Crippen molar-refractivity contribution in [3.8, 4) is 0 Å². The van der Waals surface area contributed by atoms with Gasteiger partial charge in [-0.25, -0.2) is 9.18 Å². The van der Waals surface area contributed by atoms with Gasteiger partial charge in [-0.05, 0) is 68.7 Å². The molecule has 0 spiro atoms. The molecule has 5 nitrogen and oxygen atoms in total. The van der Waals surface area contributed by atoms with Gasteiger partial charge in [0.05, 0.1) is 11.5 Å². The maximum atomic E-state index is 15.1. The number of carbonyl (C=O) groups is 2. The molecule has 2 unspecified atom stereocenters. The molecule has 2 aromatic carbocycles. The number of rotatable bonds is 5. The van der Waals surface area contributed by atoms with Crippen molar-refractivity contribution in [3.05, 3.63) is 88.0 Å². The van der Waals surface area contributed by atoms with Gasteiger partial charge in [-0.15, -0.1) is 0 Å². The molecule has 2 aromatic rings. The van der Waals surface area contributed by atoms with Gasteiger partial charge in [0.25, 0.3) is 0 Å². The fourth-order valence-corrected chi connectivity index (χ4v) is 5.83. The number of carbonyl (C=O) groups excluding carboxylic acids is 2. The van der Waals surface area contributed by atoms with Crippen LogP contribution in [0.15, 0.2) is 71.1 Å². The van der Waals surface area contributed by atoms with Crippen LogP contribution in [0.3, 0.4) is 0 Å². The van der Waals surface area contributed by atoms with Crippen molar-refractivity contribution in [2.75, 3.05) is 19.0 Å². The summed E-state index contributed by atoms with van der Waals surface area (Å²) < 4.78 is 21.0. The molecule has 1 heterocycles. The van der Waals surface area contributed by atoms with E-state index >= 15 is 4.39 Å². The van der Waals surface area contributed by atoms with Crippen molar-refractivity contribution in [1.29, 1.82) is 0 Å². The molecule has 188 valence electrons. The molecule has 3 aliphatic rings. The van der Waals surface area contributed by atoms with Crippen LogP contribution in [0.5, 0.6) is 0 Å². The average molecular weight is 489 g/mol. The Morgan fingerprint density at radius 3 is 2.39 bits per heavy atom. The minimum atomic E-state index is -0.777. The third-order valence-corrected chi connectivity index (χ3v) is 7.72. The van der Waals surface area contributed by atoms with Crippen molar-refractivity contribution in [2.45, 2.75) is 63.4 Å². The van der Waals surface area contributed by atoms with Crippen molar-refractivity contribution < 1.29 is 18.7 Å². The van der Waals surface area contributed by atoms with Gasteiger partial charge in [-0.1, -0.05) is 30.3 Å². The third kappa shape index (κ3) is 4.57. The lowest BCUT2D eigenvalue weighted by atomic mass is 9.71. The number of esters is 1. The van der Waals surface area contributed by atoms with Crippen molar-refractivity contribution >= 4 is 17.4 Å². The number of allylic oxidation sites excluding steroid dienone is 3. The van der Waals surface area contributed by atoms with Gasteiger partial charge in [-0.2, -0.15) is 0 Å². The molecule has 0 saturated heterocycles. The van der Waals surface area contributed by atoms with Crippen molar-refractivity contribution in [2.24, 2.45) is 0 Å². The lowest BCUT2D eigenvalue weighted by molar-refractivity contribution is -0.144. The van der Waals surface area contributed by atoms with E-state index in [0.29, 0.717) is 35.2 Å². The van der Waals surface area contributed by atoms with Gasteiger partial charge in [0.1, 0.15) is 11.9 Å². The molecule has 1 fully saturated rings. The number of benzene rings is 2. The first-order chi connectivity index (χ1) is 17.3. The second-order valence-electron chi connectivity index (χ2n) is 10.3. The number of ether oxygens (including phenoxy) is 1. The van der Waals surface area contributed by atoms with E-state index in [-0.39, 0.29) is 17.8 Å². The van der Waals surface area contributed by atoms with Crippen LogP contribution >= 0.6 is 0 Å². The Kier molecular flexibility index (Phi) is 6.69. The summed E-state index contributed by atoms with van der Waals surface area (Å²) in [5.74, 6) is -1.70. The highest BCUT2D eigenvalue weighted by molar-refractivity contribution is 6.04. The summed E-state index contributed by atoms with van der Waals surface area (Å²) in [6, 6.07) is 14.7. The lowest BCUT2D eigenvalue weighted by Gasteiger charge is -2.37. The van der Waals surface area contributed by atoms with Crippen LogP contribution in [0.2, 0.25) is 0 Å². The van der Waals surface area contributed by atoms with Crippen LogP contribution in [-0.2, 0) is 14.3 Å². The number of hydrogen-bond donors (Lipinski definition) is 1. The number of Topliss-reactive ketones (excluding diaryl/α,β-unsaturated/α-hetero) is 1. The zero-order valence-corrected chi connectivity index (χ0v) is 21.1. The number of nitrogens with one attached hydrogen (secondary N) is 1. The van der Waals surface area contributed by atoms with Crippen LogP contribution in [0.1, 0.15) is 68.4 Å². The molecule has 36 heavy (non-hydrogen) atoms. The molecule has 0 radical (unpaired) electrons. The normalized spacial score (nSPS) is 22.4. The molecule has 6 heteroatoms. The Labute approximate surface area is 212 Å². The number of dihydropyridines is 1. The predicted octanol–water partition coefficient (Wildman–Crippen LogP) is 5.74. The Bertz CT molecular complexity index is 1240. The Morgan fingerprint density at radius 1 is 1.03 bits per heavy atom. The van der Waals surface area contributed by atoms with E-state index in [9.17, 15) is 9.59 Å². The molecule has 0 aromatic heterocycles. The summed E-state index contributed by atoms with van der Waals surface area (Å²) in [6.07, 6.45) is 4.58. The van der Waals surface area contributed by atoms with E-state index in [1.807, 2.05) is 25.9 Å². The van der Waals surface area contributed by atoms with Gasteiger partial charge in [0.15, 0.2) is 5.78 Å². The topological polar surface area (TPSA) is 58.6 Å². The predicted molar refractivity (Wildman–Crippen MR) is 138 cm³/mol. The summed E-state index contributed by atoms with van der Waals surface area (Å²) >= 11 is 0. The molecule has 5 rings (SSSR count). The summed E-state index contributed by atoms with van der Waals surface area (Å²) in [5, 5.41) is 3.36. The highest BCUT2D eigenvalue weighted by Crippen LogP contribution is 2.46. The summed E-state index contributed by atoms with van der Waals surface area (Å²) in [6.45, 7) is 1.82. The number of anilines is 1. The first-order valence-electron chi connectivity index (χ1n) is 12.8. The molecule has 0 bridgehead atoms. The van der Waals surface area contributed by atoms with Crippen LogP contribution in [0.25, 0.3) is 0 Å². The maximum Gasteiger partial charge on any atom is 0.337 e. The Balaban J connectivity index is 1.52. The van der Waals surface area contributed by atoms with Gasteiger partial charge in [0, 0.05) is 48.7 Å². The molecule has 1 aliphatic heterocycles. The second-order valence-corrected chi connectivity index (χ2v) is 10.3. The second kappa shape index (κ2) is 9.92. The molecular weight excluding hydrogens is 455 g/mol. The first-order valence-corrected chi connectivity index (χ1v) is 12.8. The largest absolute Gasteiger partial charge is 0.459 e. The third-order valence-electron chi connectivity index (χ3n) is 7.72. The van der Waals surface area contributed by atoms with E-state index in [1.165, 1.54) is 6.07 Å². The number of hydrogen-bond acceptors (Lipinski definition) is 5. The van der Waals surface area contributed by atoms with E-state index in [0.717, 1.165) is 42.6 Å². The molecular formula is C30H33FN2O3. The quantitative estimate of drug-likeness (QED) is 0.544. The van der Waals surface area contributed by atoms with Crippen LogP contribution < -0.4 is 10.2 Å². The lowest BCUT2D eigenvalue weighted by Crippen LogP contribution is -2.37. The van der Waals surface area contributed by atoms with Gasteiger partial charge >= 0.3 is 5.97 Å². The smallest absolute Gasteiger partial charge is 0.337 e. The van der Waals surface area contributed by atoms with E-state index < -0.39 is 17.7 Å². The van der Waals surface area contributed by atoms with Gasteiger partial charge in [0.2, 0.25) is 0 Å². The first kappa shape index (κ1) is 24.3. The zero-order chi connectivity index (χ0) is 25.4. The number of halogens is 1. The minimum absolute atomic E-state index is 0.0148. The molecule has 0 amide bonds. The monoisotopic (exact) mass is 488 g/mol. The highest BCUT2D eigenvalue weighted by atomic mass is 19.1. The average Bonchev–Trinajstić information content (AvgIpc) is 3.36. The van der Waals surface area contributed by atoms with E-state index in [4.69, 9.17) is 4.74 Å². The number of ketones is 1. The Hall–Kier alpha value is -3.41. The fraction of sp³-hybridized carbons (Fsp3) is 0.400. The van der Waals surface area contributed by atoms with Crippen LogP contribution in [-0.4, -0.2) is 32.0 Å². The summed E-state index contributed by atoms with van der Waals surface area (Å²) in [5.41, 5.74) is 4.76.